The molecule has 0 N–H and O–H groups in total. The normalized spacial score (nSPS) is 10.4. The molecule has 1 rings (SSSR count). The predicted molar refractivity (Wildman–Crippen MR) is 67.4 cm³/mol. The molecule has 0 aliphatic carbocycles. The zero-order chi connectivity index (χ0) is 10.7. The molecule has 3 heteroatoms. The van der Waals surface area contributed by atoms with Crippen molar-refractivity contribution in [1.82, 2.24) is 0 Å². The molecule has 14 heavy (non-hydrogen) atoms. The minimum atomic E-state index is 0.0410. The van der Waals surface area contributed by atoms with E-state index in [9.17, 15) is 4.79 Å². The van der Waals surface area contributed by atoms with E-state index in [1.54, 1.807) is 4.90 Å². The molecule has 0 radical (unpaired) electrons. The quantitative estimate of drug-likeness (QED) is 0.769. The number of anilines is 1. The number of rotatable bonds is 2. The number of carbonyl (C=O) groups is 1. The van der Waals surface area contributed by atoms with Crippen molar-refractivity contribution in [3.05, 3.63) is 27.8 Å². The SMILES string of the molecule is CC(C)C(=O)N(C)c1ccc(I)cc1. The monoisotopic (exact) mass is 303 g/mol. The number of hydrogen-bond acceptors (Lipinski definition) is 1. The lowest BCUT2D eigenvalue weighted by molar-refractivity contribution is -0.121. The van der Waals surface area contributed by atoms with E-state index < -0.39 is 0 Å². The first kappa shape index (κ1) is 11.5. The summed E-state index contributed by atoms with van der Waals surface area (Å²) >= 11 is 2.25. The summed E-state index contributed by atoms with van der Waals surface area (Å²) in [5.74, 6) is 0.186. The van der Waals surface area contributed by atoms with Crippen LogP contribution >= 0.6 is 22.6 Å². The van der Waals surface area contributed by atoms with Gasteiger partial charge in [0.15, 0.2) is 0 Å². The topological polar surface area (TPSA) is 20.3 Å². The molecule has 0 aliphatic rings. The smallest absolute Gasteiger partial charge is 0.229 e. The minimum absolute atomic E-state index is 0.0410. The summed E-state index contributed by atoms with van der Waals surface area (Å²) in [5.41, 5.74) is 0.948. The number of carbonyl (C=O) groups excluding carboxylic acids is 1. The van der Waals surface area contributed by atoms with Crippen LogP contribution < -0.4 is 4.90 Å². The molecule has 0 heterocycles. The standard InChI is InChI=1S/C11H14INO/c1-8(2)11(14)13(3)10-6-4-9(12)5-7-10/h4-8H,1-3H3. The lowest BCUT2D eigenvalue weighted by atomic mass is 10.2. The van der Waals surface area contributed by atoms with Crippen molar-refractivity contribution in [2.24, 2.45) is 5.92 Å². The van der Waals surface area contributed by atoms with Crippen LogP contribution in [0.4, 0.5) is 5.69 Å². The number of benzene rings is 1. The van der Waals surface area contributed by atoms with Crippen molar-refractivity contribution in [2.75, 3.05) is 11.9 Å². The number of halogens is 1. The van der Waals surface area contributed by atoms with E-state index in [0.29, 0.717) is 0 Å². The van der Waals surface area contributed by atoms with E-state index in [1.165, 1.54) is 3.57 Å². The van der Waals surface area contributed by atoms with Gasteiger partial charge in [-0.2, -0.15) is 0 Å². The van der Waals surface area contributed by atoms with Crippen LogP contribution in [0.15, 0.2) is 24.3 Å². The van der Waals surface area contributed by atoms with Crippen LogP contribution in [0.3, 0.4) is 0 Å². The molecule has 1 aromatic carbocycles. The molecule has 0 aromatic heterocycles. The van der Waals surface area contributed by atoms with Gasteiger partial charge in [-0.25, -0.2) is 0 Å². The van der Waals surface area contributed by atoms with Crippen LogP contribution in [0, 0.1) is 9.49 Å². The highest BCUT2D eigenvalue weighted by Crippen LogP contribution is 2.16. The molecule has 0 fully saturated rings. The number of amides is 1. The van der Waals surface area contributed by atoms with Crippen LogP contribution in [0.2, 0.25) is 0 Å². The third-order valence-electron chi connectivity index (χ3n) is 2.04. The summed E-state index contributed by atoms with van der Waals surface area (Å²) in [6.07, 6.45) is 0. The highest BCUT2D eigenvalue weighted by Gasteiger charge is 2.13. The number of nitrogens with zero attached hydrogens (tertiary/aromatic N) is 1. The molecule has 1 aromatic rings. The van der Waals surface area contributed by atoms with Gasteiger partial charge >= 0.3 is 0 Å². The molecule has 2 nitrogen and oxygen atoms in total. The summed E-state index contributed by atoms with van der Waals surface area (Å²) in [7, 11) is 1.81. The second-order valence-electron chi connectivity index (χ2n) is 3.53. The minimum Gasteiger partial charge on any atom is -0.315 e. The molecule has 76 valence electrons. The molecule has 0 aliphatic heterocycles. The number of hydrogen-bond donors (Lipinski definition) is 0. The average Bonchev–Trinajstić information content (AvgIpc) is 2.16. The first-order chi connectivity index (χ1) is 6.52. The van der Waals surface area contributed by atoms with Crippen LogP contribution in [-0.4, -0.2) is 13.0 Å². The van der Waals surface area contributed by atoms with E-state index in [1.807, 2.05) is 45.2 Å². The van der Waals surface area contributed by atoms with Crippen LogP contribution in [0.25, 0.3) is 0 Å². The van der Waals surface area contributed by atoms with Gasteiger partial charge in [0.2, 0.25) is 5.91 Å². The van der Waals surface area contributed by atoms with Crippen LogP contribution in [-0.2, 0) is 4.79 Å². The highest BCUT2D eigenvalue weighted by atomic mass is 127. The van der Waals surface area contributed by atoms with Crippen LogP contribution in [0.1, 0.15) is 13.8 Å². The molecule has 1 amide bonds. The van der Waals surface area contributed by atoms with Gasteiger partial charge in [-0.15, -0.1) is 0 Å². The summed E-state index contributed by atoms with van der Waals surface area (Å²) < 4.78 is 1.18. The van der Waals surface area contributed by atoms with Crippen molar-refractivity contribution in [3.63, 3.8) is 0 Å². The van der Waals surface area contributed by atoms with Crippen molar-refractivity contribution in [3.8, 4) is 0 Å². The molecule has 0 atom stereocenters. The maximum atomic E-state index is 11.7. The van der Waals surface area contributed by atoms with Crippen LogP contribution in [0.5, 0.6) is 0 Å². The van der Waals surface area contributed by atoms with Gasteiger partial charge in [0.25, 0.3) is 0 Å². The molecule has 0 unspecified atom stereocenters. The Morgan fingerprint density at radius 2 is 1.79 bits per heavy atom. The first-order valence-corrected chi connectivity index (χ1v) is 5.63. The predicted octanol–water partition coefficient (Wildman–Crippen LogP) is 2.91. The third kappa shape index (κ3) is 2.70. The van der Waals surface area contributed by atoms with Gasteiger partial charge in [0, 0.05) is 22.2 Å². The summed E-state index contributed by atoms with van der Waals surface area (Å²) in [6.45, 7) is 3.82. The lowest BCUT2D eigenvalue weighted by Gasteiger charge is -2.19. The van der Waals surface area contributed by atoms with Gasteiger partial charge in [0.05, 0.1) is 0 Å². The van der Waals surface area contributed by atoms with E-state index >= 15 is 0 Å². The Morgan fingerprint density at radius 3 is 2.21 bits per heavy atom. The van der Waals surface area contributed by atoms with Crippen molar-refractivity contribution in [2.45, 2.75) is 13.8 Å². The van der Waals surface area contributed by atoms with E-state index in [2.05, 4.69) is 22.6 Å². The average molecular weight is 303 g/mol. The first-order valence-electron chi connectivity index (χ1n) is 4.55. The van der Waals surface area contributed by atoms with Gasteiger partial charge in [-0.3, -0.25) is 4.79 Å². The summed E-state index contributed by atoms with van der Waals surface area (Å²) in [5, 5.41) is 0. The Kier molecular flexibility index (Phi) is 3.92. The molecule has 0 bridgehead atoms. The van der Waals surface area contributed by atoms with Crippen molar-refractivity contribution in [1.29, 1.82) is 0 Å². The lowest BCUT2D eigenvalue weighted by Crippen LogP contribution is -2.30. The Hall–Kier alpha value is -0.580. The summed E-state index contributed by atoms with van der Waals surface area (Å²) in [4.78, 5) is 13.3. The summed E-state index contributed by atoms with van der Waals surface area (Å²) in [6, 6.07) is 7.92. The van der Waals surface area contributed by atoms with Crippen molar-refractivity contribution < 1.29 is 4.79 Å². The largest absolute Gasteiger partial charge is 0.315 e. The van der Waals surface area contributed by atoms with Gasteiger partial charge in [-0.05, 0) is 46.9 Å². The highest BCUT2D eigenvalue weighted by molar-refractivity contribution is 14.1. The molecular formula is C11H14INO. The Bertz CT molecular complexity index is 319. The maximum absolute atomic E-state index is 11.7. The molecule has 0 spiro atoms. The van der Waals surface area contributed by atoms with E-state index in [-0.39, 0.29) is 11.8 Å². The van der Waals surface area contributed by atoms with Crippen molar-refractivity contribution >= 4 is 34.2 Å². The Morgan fingerprint density at radius 1 is 1.29 bits per heavy atom. The van der Waals surface area contributed by atoms with Gasteiger partial charge in [0.1, 0.15) is 0 Å². The Balaban J connectivity index is 2.84. The fourth-order valence-electron chi connectivity index (χ4n) is 1.18. The molecular weight excluding hydrogens is 289 g/mol. The maximum Gasteiger partial charge on any atom is 0.229 e. The van der Waals surface area contributed by atoms with Gasteiger partial charge < -0.3 is 4.90 Å². The Labute approximate surface area is 98.4 Å². The zero-order valence-electron chi connectivity index (χ0n) is 8.62. The van der Waals surface area contributed by atoms with E-state index in [4.69, 9.17) is 0 Å². The van der Waals surface area contributed by atoms with E-state index in [0.717, 1.165) is 5.69 Å². The molecule has 0 saturated heterocycles. The third-order valence-corrected chi connectivity index (χ3v) is 2.76. The fraction of sp³-hybridized carbons (Fsp3) is 0.364. The fourth-order valence-corrected chi connectivity index (χ4v) is 1.54. The second-order valence-corrected chi connectivity index (χ2v) is 4.77. The zero-order valence-corrected chi connectivity index (χ0v) is 10.8. The molecule has 0 saturated carbocycles. The second kappa shape index (κ2) is 4.77. The van der Waals surface area contributed by atoms with Gasteiger partial charge in [-0.1, -0.05) is 13.8 Å².